The number of aliphatic carboxylic acids is 1. The quantitative estimate of drug-likeness (QED) is 0.709. The summed E-state index contributed by atoms with van der Waals surface area (Å²) >= 11 is 0. The van der Waals surface area contributed by atoms with Gasteiger partial charge in [0.1, 0.15) is 12.4 Å². The number of carboxylic acids is 1. The topological polar surface area (TPSA) is 58.6 Å². The van der Waals surface area contributed by atoms with Gasteiger partial charge in [-0.2, -0.15) is 0 Å². The van der Waals surface area contributed by atoms with Crippen LogP contribution in [0.5, 0.6) is 5.75 Å². The number of ether oxygens (including phenoxy) is 1. The summed E-state index contributed by atoms with van der Waals surface area (Å²) in [6.45, 7) is 5.74. The minimum Gasteiger partial charge on any atom is -0.492 e. The number of rotatable bonds is 7. The zero-order chi connectivity index (χ0) is 12.7. The van der Waals surface area contributed by atoms with E-state index in [4.69, 9.17) is 9.84 Å². The third kappa shape index (κ3) is 5.92. The molecule has 0 fully saturated rings. The van der Waals surface area contributed by atoms with E-state index < -0.39 is 5.97 Å². The molecular formula is C13H19NO3. The minimum atomic E-state index is -0.785. The van der Waals surface area contributed by atoms with Crippen molar-refractivity contribution < 1.29 is 14.6 Å². The first kappa shape index (κ1) is 13.5. The molecule has 0 spiro atoms. The predicted octanol–water partition coefficient (Wildman–Crippen LogP) is 1.75. The van der Waals surface area contributed by atoms with Crippen LogP contribution in [-0.2, 0) is 4.79 Å². The van der Waals surface area contributed by atoms with Crippen LogP contribution >= 0.6 is 0 Å². The van der Waals surface area contributed by atoms with E-state index >= 15 is 0 Å². The highest BCUT2D eigenvalue weighted by atomic mass is 16.5. The van der Waals surface area contributed by atoms with Crippen LogP contribution in [0.2, 0.25) is 0 Å². The second-order valence-electron chi connectivity index (χ2n) is 4.07. The van der Waals surface area contributed by atoms with E-state index in [1.165, 1.54) is 11.1 Å². The van der Waals surface area contributed by atoms with E-state index in [9.17, 15) is 4.79 Å². The van der Waals surface area contributed by atoms with Crippen LogP contribution in [0.25, 0.3) is 0 Å². The molecule has 0 aliphatic heterocycles. The van der Waals surface area contributed by atoms with Crippen LogP contribution in [-0.4, -0.2) is 30.8 Å². The van der Waals surface area contributed by atoms with E-state index in [1.54, 1.807) is 0 Å². The molecule has 1 aromatic carbocycles. The van der Waals surface area contributed by atoms with Gasteiger partial charge in [0.2, 0.25) is 0 Å². The summed E-state index contributed by atoms with van der Waals surface area (Å²) in [6, 6.07) is 6.08. The summed E-state index contributed by atoms with van der Waals surface area (Å²) in [5.74, 6) is 0.0789. The Morgan fingerprint density at radius 2 is 1.88 bits per heavy atom. The number of benzene rings is 1. The van der Waals surface area contributed by atoms with Gasteiger partial charge in [0.05, 0.1) is 6.42 Å². The van der Waals surface area contributed by atoms with Crippen molar-refractivity contribution in [3.63, 3.8) is 0 Å². The summed E-state index contributed by atoms with van der Waals surface area (Å²) in [5.41, 5.74) is 2.36. The lowest BCUT2D eigenvalue weighted by molar-refractivity contribution is -0.136. The standard InChI is InChI=1S/C13H19NO3/c1-10-7-11(2)9-12(8-10)17-6-5-14-4-3-13(15)16/h7-9,14H,3-6H2,1-2H3,(H,15,16). The zero-order valence-corrected chi connectivity index (χ0v) is 10.3. The fraction of sp³-hybridized carbons (Fsp3) is 0.462. The van der Waals surface area contributed by atoms with Crippen molar-refractivity contribution in [2.45, 2.75) is 20.3 Å². The molecule has 94 valence electrons. The normalized spacial score (nSPS) is 10.2. The van der Waals surface area contributed by atoms with Crippen LogP contribution in [0.4, 0.5) is 0 Å². The highest BCUT2D eigenvalue weighted by molar-refractivity contribution is 5.66. The van der Waals surface area contributed by atoms with Crippen molar-refractivity contribution in [1.29, 1.82) is 0 Å². The lowest BCUT2D eigenvalue weighted by atomic mass is 10.1. The molecule has 0 aromatic heterocycles. The fourth-order valence-corrected chi connectivity index (χ4v) is 1.58. The molecular weight excluding hydrogens is 218 g/mol. The number of nitrogens with one attached hydrogen (secondary N) is 1. The average molecular weight is 237 g/mol. The van der Waals surface area contributed by atoms with Crippen LogP contribution < -0.4 is 10.1 Å². The van der Waals surface area contributed by atoms with E-state index in [0.29, 0.717) is 19.7 Å². The SMILES string of the molecule is Cc1cc(C)cc(OCCNCCC(=O)O)c1. The van der Waals surface area contributed by atoms with Crippen molar-refractivity contribution in [1.82, 2.24) is 5.32 Å². The van der Waals surface area contributed by atoms with Gasteiger partial charge in [-0.1, -0.05) is 6.07 Å². The van der Waals surface area contributed by atoms with Crippen molar-refractivity contribution in [3.05, 3.63) is 29.3 Å². The molecule has 4 heteroatoms. The van der Waals surface area contributed by atoms with Gasteiger partial charge in [-0.15, -0.1) is 0 Å². The van der Waals surface area contributed by atoms with Crippen LogP contribution in [0.3, 0.4) is 0 Å². The Kier molecular flexibility index (Phi) is 5.49. The monoisotopic (exact) mass is 237 g/mol. The first-order chi connectivity index (χ1) is 8.08. The Hall–Kier alpha value is -1.55. The smallest absolute Gasteiger partial charge is 0.304 e. The molecule has 0 aliphatic rings. The molecule has 0 unspecified atom stereocenters. The maximum absolute atomic E-state index is 10.3. The summed E-state index contributed by atoms with van der Waals surface area (Å²) in [7, 11) is 0. The van der Waals surface area contributed by atoms with Gasteiger partial charge in [0, 0.05) is 13.1 Å². The Morgan fingerprint density at radius 3 is 2.47 bits per heavy atom. The van der Waals surface area contributed by atoms with Gasteiger partial charge in [0.15, 0.2) is 0 Å². The first-order valence-corrected chi connectivity index (χ1v) is 5.71. The van der Waals surface area contributed by atoms with Crippen molar-refractivity contribution in [2.24, 2.45) is 0 Å². The number of aryl methyl sites for hydroxylation is 2. The minimum absolute atomic E-state index is 0.142. The summed E-state index contributed by atoms with van der Waals surface area (Å²) in [5, 5.41) is 11.4. The summed E-state index contributed by atoms with van der Waals surface area (Å²) < 4.78 is 5.56. The maximum Gasteiger partial charge on any atom is 0.304 e. The molecule has 0 saturated heterocycles. The van der Waals surface area contributed by atoms with Crippen LogP contribution in [0.15, 0.2) is 18.2 Å². The van der Waals surface area contributed by atoms with Gasteiger partial charge in [-0.3, -0.25) is 4.79 Å². The van der Waals surface area contributed by atoms with Crippen LogP contribution in [0, 0.1) is 13.8 Å². The average Bonchev–Trinajstić information content (AvgIpc) is 2.21. The molecule has 0 bridgehead atoms. The molecule has 0 radical (unpaired) electrons. The van der Waals surface area contributed by atoms with Gasteiger partial charge >= 0.3 is 5.97 Å². The van der Waals surface area contributed by atoms with E-state index in [1.807, 2.05) is 26.0 Å². The number of carbonyl (C=O) groups is 1. The van der Waals surface area contributed by atoms with E-state index in [-0.39, 0.29) is 6.42 Å². The molecule has 2 N–H and O–H groups in total. The Balaban J connectivity index is 2.20. The highest BCUT2D eigenvalue weighted by Crippen LogP contribution is 2.15. The van der Waals surface area contributed by atoms with Gasteiger partial charge in [-0.25, -0.2) is 0 Å². The van der Waals surface area contributed by atoms with Crippen molar-refractivity contribution in [2.75, 3.05) is 19.7 Å². The zero-order valence-electron chi connectivity index (χ0n) is 10.3. The fourth-order valence-electron chi connectivity index (χ4n) is 1.58. The molecule has 1 rings (SSSR count). The van der Waals surface area contributed by atoms with Gasteiger partial charge in [0.25, 0.3) is 0 Å². The molecule has 4 nitrogen and oxygen atoms in total. The highest BCUT2D eigenvalue weighted by Gasteiger charge is 1.98. The van der Waals surface area contributed by atoms with E-state index in [2.05, 4.69) is 11.4 Å². The largest absolute Gasteiger partial charge is 0.492 e. The lowest BCUT2D eigenvalue weighted by Gasteiger charge is -2.08. The second kappa shape index (κ2) is 6.91. The number of hydrogen-bond acceptors (Lipinski definition) is 3. The molecule has 1 aromatic rings. The molecule has 0 aliphatic carbocycles. The number of carboxylic acid groups (broad SMARTS) is 1. The van der Waals surface area contributed by atoms with Gasteiger partial charge < -0.3 is 15.2 Å². The number of hydrogen-bond donors (Lipinski definition) is 2. The lowest BCUT2D eigenvalue weighted by Crippen LogP contribution is -2.23. The van der Waals surface area contributed by atoms with E-state index in [0.717, 1.165) is 5.75 Å². The molecule has 0 atom stereocenters. The third-order valence-electron chi connectivity index (χ3n) is 2.26. The molecule has 0 amide bonds. The molecule has 0 saturated carbocycles. The molecule has 0 heterocycles. The Morgan fingerprint density at radius 1 is 1.24 bits per heavy atom. The van der Waals surface area contributed by atoms with Gasteiger partial charge in [-0.05, 0) is 37.1 Å². The summed E-state index contributed by atoms with van der Waals surface area (Å²) in [4.78, 5) is 10.3. The summed E-state index contributed by atoms with van der Waals surface area (Å²) in [6.07, 6.45) is 0.142. The first-order valence-electron chi connectivity index (χ1n) is 5.71. The van der Waals surface area contributed by atoms with Crippen molar-refractivity contribution in [3.8, 4) is 5.75 Å². The Bertz CT molecular complexity index is 357. The predicted molar refractivity (Wildman–Crippen MR) is 66.5 cm³/mol. The third-order valence-corrected chi connectivity index (χ3v) is 2.26. The van der Waals surface area contributed by atoms with Crippen molar-refractivity contribution >= 4 is 5.97 Å². The second-order valence-corrected chi connectivity index (χ2v) is 4.07. The Labute approximate surface area is 102 Å². The maximum atomic E-state index is 10.3. The molecule has 17 heavy (non-hydrogen) atoms. The van der Waals surface area contributed by atoms with Crippen LogP contribution in [0.1, 0.15) is 17.5 Å².